The van der Waals surface area contributed by atoms with Gasteiger partial charge in [-0.05, 0) is 117 Å². The normalized spacial score (nSPS) is 36.1. The van der Waals surface area contributed by atoms with Crippen LogP contribution in [-0.2, 0) is 21.3 Å². The van der Waals surface area contributed by atoms with Crippen molar-refractivity contribution in [2.75, 3.05) is 13.2 Å². The summed E-state index contributed by atoms with van der Waals surface area (Å²) >= 11 is 0. The maximum Gasteiger partial charge on any atom is 0.513 e. The third-order valence-electron chi connectivity index (χ3n) is 11.9. The van der Waals surface area contributed by atoms with E-state index in [0.29, 0.717) is 5.41 Å². The molecule has 4 aliphatic carbocycles. The number of carbonyl (C=O) groups excluding carboxylic acids is 2. The van der Waals surface area contributed by atoms with E-state index in [1.165, 1.54) is 37.7 Å². The van der Waals surface area contributed by atoms with Gasteiger partial charge in [-0.2, -0.15) is 0 Å². The third-order valence-corrected chi connectivity index (χ3v) is 11.9. The second kappa shape index (κ2) is 10.1. The molecule has 0 amide bonds. The number of carbonyl (C=O) groups is 2. The molecule has 4 aliphatic rings. The monoisotopic (exact) mass is 552 g/mol. The van der Waals surface area contributed by atoms with Gasteiger partial charge in [0.15, 0.2) is 11.5 Å². The number of benzene rings is 1. The zero-order chi connectivity index (χ0) is 29.1. The molecule has 0 heterocycles. The van der Waals surface area contributed by atoms with Crippen LogP contribution in [0.4, 0.5) is 9.59 Å². The van der Waals surface area contributed by atoms with Crippen LogP contribution < -0.4 is 9.47 Å². The minimum Gasteiger partial charge on any atom is -0.434 e. The molecule has 220 valence electrons. The van der Waals surface area contributed by atoms with Crippen LogP contribution in [0.1, 0.15) is 110 Å². The van der Waals surface area contributed by atoms with E-state index in [9.17, 15) is 9.59 Å². The molecule has 0 spiro atoms. The molecule has 0 saturated heterocycles. The Hall–Kier alpha value is -2.50. The van der Waals surface area contributed by atoms with Crippen molar-refractivity contribution < 1.29 is 28.5 Å². The van der Waals surface area contributed by atoms with Gasteiger partial charge < -0.3 is 18.9 Å². The van der Waals surface area contributed by atoms with Crippen LogP contribution in [0.15, 0.2) is 17.7 Å². The summed E-state index contributed by atoms with van der Waals surface area (Å²) in [7, 11) is 0. The van der Waals surface area contributed by atoms with Gasteiger partial charge in [-0.3, -0.25) is 0 Å². The summed E-state index contributed by atoms with van der Waals surface area (Å²) in [4.78, 5) is 24.8. The molecule has 5 rings (SSSR count). The van der Waals surface area contributed by atoms with Crippen molar-refractivity contribution in [1.82, 2.24) is 0 Å². The van der Waals surface area contributed by atoms with Gasteiger partial charge in [0, 0.05) is 5.41 Å². The molecular formula is C34H48O6. The van der Waals surface area contributed by atoms with E-state index in [2.05, 4.69) is 40.7 Å². The lowest BCUT2D eigenvalue weighted by Crippen LogP contribution is -2.61. The van der Waals surface area contributed by atoms with Gasteiger partial charge in [0.25, 0.3) is 0 Å². The van der Waals surface area contributed by atoms with Crippen LogP contribution in [0.5, 0.6) is 11.5 Å². The van der Waals surface area contributed by atoms with E-state index >= 15 is 0 Å². The van der Waals surface area contributed by atoms with Crippen LogP contribution in [0.3, 0.4) is 0 Å². The van der Waals surface area contributed by atoms with Gasteiger partial charge in [-0.1, -0.05) is 52.7 Å². The van der Waals surface area contributed by atoms with E-state index in [4.69, 9.17) is 18.9 Å². The zero-order valence-electron chi connectivity index (χ0n) is 25.8. The predicted molar refractivity (Wildman–Crippen MR) is 155 cm³/mol. The number of rotatable bonds is 4. The zero-order valence-corrected chi connectivity index (χ0v) is 25.8. The third kappa shape index (κ3) is 4.27. The first kappa shape index (κ1) is 29.0. The Morgan fingerprint density at radius 3 is 2.27 bits per heavy atom. The molecule has 0 radical (unpaired) electrons. The Morgan fingerprint density at radius 2 is 1.60 bits per heavy atom. The molecule has 6 heteroatoms. The first-order valence-corrected chi connectivity index (χ1v) is 15.4. The maximum atomic E-state index is 12.5. The van der Waals surface area contributed by atoms with E-state index in [0.717, 1.165) is 42.2 Å². The quantitative estimate of drug-likeness (QED) is 0.211. The summed E-state index contributed by atoms with van der Waals surface area (Å²) in [6.07, 6.45) is 10.3. The van der Waals surface area contributed by atoms with Crippen LogP contribution in [0.2, 0.25) is 0 Å². The number of hydrogen-bond acceptors (Lipinski definition) is 6. The molecule has 3 fully saturated rings. The lowest BCUT2D eigenvalue weighted by Gasteiger charge is -2.69. The lowest BCUT2D eigenvalue weighted by atomic mass is 9.35. The number of allylic oxidation sites excluding steroid dienone is 2. The predicted octanol–water partition coefficient (Wildman–Crippen LogP) is 8.85. The van der Waals surface area contributed by atoms with Crippen molar-refractivity contribution in [1.29, 1.82) is 0 Å². The van der Waals surface area contributed by atoms with Crippen molar-refractivity contribution >= 4 is 12.3 Å². The minimum absolute atomic E-state index is 0.0924. The van der Waals surface area contributed by atoms with Crippen LogP contribution >= 0.6 is 0 Å². The molecule has 0 unspecified atom stereocenters. The summed E-state index contributed by atoms with van der Waals surface area (Å²) in [5.41, 5.74) is 5.22. The van der Waals surface area contributed by atoms with Crippen molar-refractivity contribution in [3.8, 4) is 11.5 Å². The Morgan fingerprint density at radius 1 is 0.925 bits per heavy atom. The smallest absolute Gasteiger partial charge is 0.434 e. The highest BCUT2D eigenvalue weighted by Gasteiger charge is 2.65. The minimum atomic E-state index is -0.814. The van der Waals surface area contributed by atoms with Crippen LogP contribution in [-0.4, -0.2) is 25.5 Å². The summed E-state index contributed by atoms with van der Waals surface area (Å²) in [5, 5.41) is 0. The van der Waals surface area contributed by atoms with E-state index < -0.39 is 12.3 Å². The highest BCUT2D eigenvalue weighted by molar-refractivity contribution is 5.72. The molecule has 40 heavy (non-hydrogen) atoms. The highest BCUT2D eigenvalue weighted by atomic mass is 16.7. The van der Waals surface area contributed by atoms with Gasteiger partial charge in [0.05, 0.1) is 13.2 Å². The number of fused-ring (bicyclic) bond motifs is 7. The fraction of sp³-hybridized carbons (Fsp3) is 0.706. The highest BCUT2D eigenvalue weighted by Crippen LogP contribution is 2.73. The maximum absolute atomic E-state index is 12.5. The Kier molecular flexibility index (Phi) is 7.32. The lowest BCUT2D eigenvalue weighted by molar-refractivity contribution is -0.145. The second-order valence-corrected chi connectivity index (χ2v) is 13.9. The van der Waals surface area contributed by atoms with Crippen LogP contribution in [0, 0.1) is 35.0 Å². The first-order valence-electron chi connectivity index (χ1n) is 15.4. The molecule has 6 atom stereocenters. The number of ether oxygens (including phenoxy) is 4. The molecule has 1 aromatic rings. The van der Waals surface area contributed by atoms with Gasteiger partial charge in [0.2, 0.25) is 0 Å². The molecule has 0 aliphatic heterocycles. The van der Waals surface area contributed by atoms with Gasteiger partial charge in [0.1, 0.15) is 0 Å². The second-order valence-electron chi connectivity index (χ2n) is 13.9. The Balaban J connectivity index is 1.59. The first-order chi connectivity index (χ1) is 18.8. The average Bonchev–Trinajstić information content (AvgIpc) is 2.89. The van der Waals surface area contributed by atoms with E-state index in [1.807, 2.05) is 13.0 Å². The molecule has 0 bridgehead atoms. The van der Waals surface area contributed by atoms with Crippen molar-refractivity contribution in [2.24, 2.45) is 28.1 Å². The van der Waals surface area contributed by atoms with Crippen LogP contribution in [0.25, 0.3) is 0 Å². The fourth-order valence-corrected chi connectivity index (χ4v) is 9.40. The molecule has 0 aromatic heterocycles. The van der Waals surface area contributed by atoms with Gasteiger partial charge >= 0.3 is 12.3 Å². The summed E-state index contributed by atoms with van der Waals surface area (Å²) in [6.45, 7) is 18.3. The Bertz CT molecular complexity index is 1230. The summed E-state index contributed by atoms with van der Waals surface area (Å²) < 4.78 is 21.4. The molecular weight excluding hydrogens is 504 g/mol. The van der Waals surface area contributed by atoms with E-state index in [1.54, 1.807) is 19.4 Å². The van der Waals surface area contributed by atoms with E-state index in [-0.39, 0.29) is 41.0 Å². The topological polar surface area (TPSA) is 71.1 Å². The largest absolute Gasteiger partial charge is 0.513 e. The summed E-state index contributed by atoms with van der Waals surface area (Å²) in [5.74, 6) is 1.94. The average molecular weight is 553 g/mol. The van der Waals surface area contributed by atoms with Gasteiger partial charge in [-0.25, -0.2) is 9.59 Å². The van der Waals surface area contributed by atoms with Gasteiger partial charge in [-0.15, -0.1) is 0 Å². The van der Waals surface area contributed by atoms with Crippen molar-refractivity contribution in [3.05, 3.63) is 34.4 Å². The SMILES string of the molecule is CCOC(=O)Oc1cc2c(c(C)c1OC(=O)OCC)CC=C1[C@@]2(C)CC[C@@]2(C)[C@@H]3C[C@@H](C)CC[C@]3(C)CC[C@]12C. The molecule has 3 saturated carbocycles. The van der Waals surface area contributed by atoms with Crippen molar-refractivity contribution in [3.63, 3.8) is 0 Å². The Labute approximate surface area is 240 Å². The molecule has 1 aromatic carbocycles. The molecule has 6 nitrogen and oxygen atoms in total. The molecule has 0 N–H and O–H groups in total. The summed E-state index contributed by atoms with van der Waals surface area (Å²) in [6, 6.07) is 1.93. The van der Waals surface area contributed by atoms with Crippen molar-refractivity contribution in [2.45, 2.75) is 112 Å². The standard InChI is InChI=1S/C34H48O6/c1-9-37-29(35)39-25-20-24-23(22(4)28(25)40-30(36)38-10-2)11-12-26-32(24,6)16-18-34(8)27-19-21(3)13-14-31(27,5)15-17-33(26,34)7/h12,20-21,27H,9-11,13-19H2,1-8H3/t21-,27+,31+,32-,33+,34-/m0/s1. The fourth-order valence-electron chi connectivity index (χ4n) is 9.40. The number of hydrogen-bond donors (Lipinski definition) is 0.